The first-order valence-electron chi connectivity index (χ1n) is 9.62. The highest BCUT2D eigenvalue weighted by Crippen LogP contribution is 2.34. The van der Waals surface area contributed by atoms with Gasteiger partial charge in [0.15, 0.2) is 0 Å². The summed E-state index contributed by atoms with van der Waals surface area (Å²) >= 11 is 1.06. The van der Waals surface area contributed by atoms with Crippen LogP contribution >= 0.6 is 11.3 Å². The third-order valence-electron chi connectivity index (χ3n) is 4.77. The van der Waals surface area contributed by atoms with Gasteiger partial charge in [0, 0.05) is 31.1 Å². The lowest BCUT2D eigenvalue weighted by atomic mass is 10.2. The van der Waals surface area contributed by atoms with Crippen molar-refractivity contribution in [1.29, 1.82) is 0 Å². The molecule has 1 saturated heterocycles. The number of nitrogens with one attached hydrogen (secondary N) is 1. The maximum Gasteiger partial charge on any atom is 0.332 e. The highest BCUT2D eigenvalue weighted by molar-refractivity contribution is 7.18. The van der Waals surface area contributed by atoms with Crippen molar-refractivity contribution in [3.63, 3.8) is 0 Å². The second kappa shape index (κ2) is 6.55. The van der Waals surface area contributed by atoms with Gasteiger partial charge in [-0.3, -0.25) is 13.9 Å². The summed E-state index contributed by atoms with van der Waals surface area (Å²) in [7, 11) is 1.54. The van der Waals surface area contributed by atoms with Gasteiger partial charge in [-0.15, -0.1) is 11.3 Å². The molecular formula is C17H22N4O4S. The van der Waals surface area contributed by atoms with Crippen LogP contribution in [0.1, 0.15) is 32.1 Å². The number of urea groups is 1. The molecular weight excluding hydrogens is 356 g/mol. The van der Waals surface area contributed by atoms with Crippen LogP contribution in [0.15, 0.2) is 9.59 Å². The van der Waals surface area contributed by atoms with Crippen LogP contribution in [0.2, 0.25) is 0 Å². The minimum atomic E-state index is -2.08. The molecule has 0 aromatic carbocycles. The van der Waals surface area contributed by atoms with Crippen LogP contribution in [-0.2, 0) is 17.8 Å². The summed E-state index contributed by atoms with van der Waals surface area (Å²) in [5, 5.41) is 2.96. The number of rotatable bonds is 6. The zero-order chi connectivity index (χ0) is 20.2. The molecule has 0 radical (unpaired) electrons. The first-order chi connectivity index (χ1) is 13.3. The first kappa shape index (κ1) is 15.0. The molecule has 140 valence electrons. The second-order valence-electron chi connectivity index (χ2n) is 6.57. The third-order valence-corrected chi connectivity index (χ3v) is 5.99. The van der Waals surface area contributed by atoms with Gasteiger partial charge in [0.05, 0.1) is 27.8 Å². The van der Waals surface area contributed by atoms with Gasteiger partial charge in [0.2, 0.25) is 0 Å². The van der Waals surface area contributed by atoms with E-state index in [1.54, 1.807) is 6.92 Å². The molecule has 2 aromatic rings. The predicted molar refractivity (Wildman–Crippen MR) is 99.0 cm³/mol. The Morgan fingerprint density at radius 3 is 2.73 bits per heavy atom. The summed E-state index contributed by atoms with van der Waals surface area (Å²) in [4.78, 5) is 40.0. The van der Waals surface area contributed by atoms with Crippen LogP contribution in [0.25, 0.3) is 10.2 Å². The maximum atomic E-state index is 13.1. The van der Waals surface area contributed by atoms with Gasteiger partial charge in [0.25, 0.3) is 5.56 Å². The molecule has 0 spiro atoms. The van der Waals surface area contributed by atoms with Crippen LogP contribution in [0, 0.1) is 6.92 Å². The lowest BCUT2D eigenvalue weighted by Crippen LogP contribution is -2.39. The minimum absolute atomic E-state index is 0.0953. The first-order valence-corrected chi connectivity index (χ1v) is 9.44. The number of aryl methyl sites for hydroxylation is 1. The number of carbonyl (C=O) groups is 1. The largest absolute Gasteiger partial charge is 0.383 e. The molecule has 2 aromatic heterocycles. The van der Waals surface area contributed by atoms with Crippen molar-refractivity contribution in [1.82, 2.24) is 19.4 Å². The Balaban J connectivity index is 1.97. The highest BCUT2D eigenvalue weighted by atomic mass is 32.1. The van der Waals surface area contributed by atoms with Crippen molar-refractivity contribution in [3.8, 4) is 0 Å². The highest BCUT2D eigenvalue weighted by Gasteiger charge is 2.31. The lowest BCUT2D eigenvalue weighted by molar-refractivity contribution is 0.186. The van der Waals surface area contributed by atoms with Gasteiger partial charge in [-0.25, -0.2) is 9.59 Å². The van der Waals surface area contributed by atoms with Crippen LogP contribution in [0.3, 0.4) is 0 Å². The number of methoxy groups -OCH3 is 1. The Hall–Kier alpha value is -2.13. The van der Waals surface area contributed by atoms with E-state index >= 15 is 0 Å². The predicted octanol–water partition coefficient (Wildman–Crippen LogP) is 1.04. The molecule has 0 bridgehead atoms. The molecule has 4 rings (SSSR count). The van der Waals surface area contributed by atoms with E-state index in [-0.39, 0.29) is 35.3 Å². The van der Waals surface area contributed by atoms with Crippen molar-refractivity contribution in [2.24, 2.45) is 0 Å². The number of aromatic nitrogens is 2. The molecule has 1 N–H and O–H groups in total. The number of amides is 2. The van der Waals surface area contributed by atoms with Gasteiger partial charge in [-0.1, -0.05) is 0 Å². The zero-order valence-corrected chi connectivity index (χ0v) is 15.5. The topological polar surface area (TPSA) is 85.6 Å². The summed E-state index contributed by atoms with van der Waals surface area (Å²) in [5.74, 6) is 0. The molecule has 2 aliphatic rings. The third kappa shape index (κ3) is 2.75. The number of nitrogens with zero attached hydrogens (tertiary/aromatic N) is 3. The Bertz CT molecular complexity index is 1070. The van der Waals surface area contributed by atoms with Gasteiger partial charge >= 0.3 is 11.7 Å². The monoisotopic (exact) mass is 380 g/mol. The molecule has 1 aliphatic heterocycles. The van der Waals surface area contributed by atoms with E-state index in [0.717, 1.165) is 29.1 Å². The smallest absolute Gasteiger partial charge is 0.332 e. The Morgan fingerprint density at radius 1 is 1.35 bits per heavy atom. The standard InChI is InChI=1S/C17H22N4O4S/c1-10-12(9-19-6-5-18-16(19)23)26-15-13(10)14(22)21(11-3-4-11)17(24)20(15)7-8-25-2/h11H,3-9H2,1-2H3,(H,18,23)/i9D2. The van der Waals surface area contributed by atoms with Crippen molar-refractivity contribution in [2.75, 3.05) is 26.8 Å². The average molecular weight is 380 g/mol. The quantitative estimate of drug-likeness (QED) is 0.811. The molecule has 0 unspecified atom stereocenters. The molecule has 0 atom stereocenters. The number of thiophene rings is 1. The molecule has 8 nitrogen and oxygen atoms in total. The summed E-state index contributed by atoms with van der Waals surface area (Å²) in [6.07, 6.45) is 1.57. The zero-order valence-electron chi connectivity index (χ0n) is 16.7. The fourth-order valence-corrected chi connectivity index (χ4v) is 4.43. The molecule has 2 fully saturated rings. The fourth-order valence-electron chi connectivity index (χ4n) is 3.21. The van der Waals surface area contributed by atoms with E-state index in [1.165, 1.54) is 16.2 Å². The normalized spacial score (nSPS) is 19.0. The Kier molecular flexibility index (Phi) is 3.77. The van der Waals surface area contributed by atoms with Crippen molar-refractivity contribution in [3.05, 3.63) is 31.3 Å². The van der Waals surface area contributed by atoms with E-state index in [0.29, 0.717) is 28.9 Å². The number of hydrogen-bond acceptors (Lipinski definition) is 5. The van der Waals surface area contributed by atoms with Crippen LogP contribution in [-0.4, -0.2) is 46.9 Å². The molecule has 9 heteroatoms. The van der Waals surface area contributed by atoms with Crippen LogP contribution in [0.4, 0.5) is 4.79 Å². The van der Waals surface area contributed by atoms with Crippen molar-refractivity contribution in [2.45, 2.75) is 38.8 Å². The van der Waals surface area contributed by atoms with E-state index in [1.807, 2.05) is 0 Å². The fraction of sp³-hybridized carbons (Fsp3) is 0.588. The van der Waals surface area contributed by atoms with Gasteiger partial charge in [0.1, 0.15) is 4.83 Å². The summed E-state index contributed by atoms with van der Waals surface area (Å²) in [6.45, 7) is 0.783. The van der Waals surface area contributed by atoms with E-state index in [4.69, 9.17) is 7.48 Å². The SMILES string of the molecule is [2H]C([2H])(c1sc2c(c1C)c(=O)n(C1CC1)c(=O)n2CCOC)N1CCNC1=O. The van der Waals surface area contributed by atoms with Crippen LogP contribution < -0.4 is 16.6 Å². The van der Waals surface area contributed by atoms with Gasteiger partial charge in [-0.05, 0) is 25.3 Å². The average Bonchev–Trinajstić information content (AvgIpc) is 3.26. The Labute approximate surface area is 156 Å². The summed E-state index contributed by atoms with van der Waals surface area (Å²) in [5.41, 5.74) is -0.280. The van der Waals surface area contributed by atoms with Gasteiger partial charge < -0.3 is 15.0 Å². The number of ether oxygens (including phenoxy) is 1. The maximum absolute atomic E-state index is 13.1. The Morgan fingerprint density at radius 2 is 2.12 bits per heavy atom. The van der Waals surface area contributed by atoms with Crippen LogP contribution in [0.5, 0.6) is 0 Å². The molecule has 3 heterocycles. The lowest BCUT2D eigenvalue weighted by Gasteiger charge is -2.12. The van der Waals surface area contributed by atoms with E-state index in [9.17, 15) is 14.4 Å². The molecule has 26 heavy (non-hydrogen) atoms. The second-order valence-corrected chi connectivity index (χ2v) is 7.56. The van der Waals surface area contributed by atoms with Crippen molar-refractivity contribution >= 4 is 27.6 Å². The molecule has 1 aliphatic carbocycles. The van der Waals surface area contributed by atoms with E-state index < -0.39 is 12.5 Å². The minimum Gasteiger partial charge on any atom is -0.383 e. The number of fused-ring (bicyclic) bond motifs is 1. The van der Waals surface area contributed by atoms with Crippen molar-refractivity contribution < 1.29 is 12.3 Å². The molecule has 2 amide bonds. The van der Waals surface area contributed by atoms with E-state index in [2.05, 4.69) is 5.32 Å². The number of hydrogen-bond donors (Lipinski definition) is 1. The molecule has 1 saturated carbocycles. The van der Waals surface area contributed by atoms with Gasteiger partial charge in [-0.2, -0.15) is 0 Å². The number of carbonyl (C=O) groups excluding carboxylic acids is 1. The summed E-state index contributed by atoms with van der Waals surface area (Å²) < 4.78 is 25.1. The summed E-state index contributed by atoms with van der Waals surface area (Å²) in [6, 6.07) is -0.573.